The van der Waals surface area contributed by atoms with Gasteiger partial charge in [0.1, 0.15) is 0 Å². The molecule has 1 aliphatic heterocycles. The number of fused-ring (bicyclic) bond motifs is 2. The van der Waals surface area contributed by atoms with Gasteiger partial charge in [0.05, 0.1) is 12.2 Å². The van der Waals surface area contributed by atoms with Crippen LogP contribution < -0.4 is 0 Å². The molecule has 2 bridgehead atoms. The van der Waals surface area contributed by atoms with Crippen molar-refractivity contribution in [2.24, 2.45) is 5.92 Å². The van der Waals surface area contributed by atoms with Crippen LogP contribution in [0.25, 0.3) is 0 Å². The van der Waals surface area contributed by atoms with E-state index in [4.69, 9.17) is 5.11 Å². The van der Waals surface area contributed by atoms with Crippen LogP contribution in [0.1, 0.15) is 32.1 Å². The number of nitrogens with zero attached hydrogens (tertiary/aromatic N) is 1. The third-order valence-corrected chi connectivity index (χ3v) is 5.92. The number of carboxylic acids is 1. The Morgan fingerprint density at radius 2 is 2.17 bits per heavy atom. The SMILES string of the molecule is C=CCCS(=O)(=O)N1[C@@H]2CC[C@@H](C2)[C@H]1CC(=O)O. The second-order valence-corrected chi connectivity index (χ2v) is 7.11. The maximum atomic E-state index is 12.3. The van der Waals surface area contributed by atoms with Crippen LogP contribution >= 0.6 is 0 Å². The fraction of sp³-hybridized carbons (Fsp3) is 0.750. The van der Waals surface area contributed by atoms with Gasteiger partial charge < -0.3 is 5.11 Å². The zero-order chi connectivity index (χ0) is 13.3. The standard InChI is InChI=1S/C12H19NO4S/c1-2-3-6-18(16,17)13-10-5-4-9(7-10)11(13)8-12(14)15/h2,9-11H,1,3-8H2,(H,14,15)/t9-,10+,11+/m0/s1. The van der Waals surface area contributed by atoms with Crippen LogP contribution in [0.2, 0.25) is 0 Å². The summed E-state index contributed by atoms with van der Waals surface area (Å²) in [6, 6.07) is -0.315. The lowest BCUT2D eigenvalue weighted by molar-refractivity contribution is -0.138. The summed E-state index contributed by atoms with van der Waals surface area (Å²) < 4.78 is 26.0. The largest absolute Gasteiger partial charge is 0.481 e. The summed E-state index contributed by atoms with van der Waals surface area (Å²) >= 11 is 0. The van der Waals surface area contributed by atoms with E-state index in [2.05, 4.69) is 6.58 Å². The summed E-state index contributed by atoms with van der Waals surface area (Å²) in [6.45, 7) is 3.53. The number of sulfonamides is 1. The molecule has 1 saturated carbocycles. The molecule has 0 radical (unpaired) electrons. The van der Waals surface area contributed by atoms with Crippen molar-refractivity contribution in [1.82, 2.24) is 4.31 Å². The highest BCUT2D eigenvalue weighted by Gasteiger charge is 2.51. The monoisotopic (exact) mass is 273 g/mol. The average molecular weight is 273 g/mol. The Kier molecular flexibility index (Phi) is 3.77. The Hall–Kier alpha value is -0.880. The molecule has 2 rings (SSSR count). The second-order valence-electron chi connectivity index (χ2n) is 5.12. The number of aliphatic carboxylic acids is 1. The Balaban J connectivity index is 2.18. The minimum absolute atomic E-state index is 0.0224. The van der Waals surface area contributed by atoms with E-state index in [1.807, 2.05) is 0 Å². The van der Waals surface area contributed by atoms with Gasteiger partial charge in [0.15, 0.2) is 0 Å². The molecule has 3 atom stereocenters. The van der Waals surface area contributed by atoms with Crippen LogP contribution in [-0.4, -0.2) is 41.6 Å². The van der Waals surface area contributed by atoms with E-state index in [-0.39, 0.29) is 30.2 Å². The molecule has 0 aromatic heterocycles. The average Bonchev–Trinajstić information content (AvgIpc) is 2.86. The van der Waals surface area contributed by atoms with Gasteiger partial charge >= 0.3 is 5.97 Å². The van der Waals surface area contributed by atoms with Gasteiger partial charge in [-0.3, -0.25) is 4.79 Å². The van der Waals surface area contributed by atoms with Gasteiger partial charge in [0, 0.05) is 12.1 Å². The third kappa shape index (κ3) is 2.44. The molecular formula is C12H19NO4S. The number of hydrogen-bond acceptors (Lipinski definition) is 3. The summed E-state index contributed by atoms with van der Waals surface area (Å²) in [5, 5.41) is 8.92. The zero-order valence-electron chi connectivity index (χ0n) is 10.3. The van der Waals surface area contributed by atoms with Crippen molar-refractivity contribution in [3.8, 4) is 0 Å². The van der Waals surface area contributed by atoms with Crippen LogP contribution in [0.4, 0.5) is 0 Å². The number of piperidine rings is 1. The van der Waals surface area contributed by atoms with Crippen molar-refractivity contribution >= 4 is 16.0 Å². The molecule has 18 heavy (non-hydrogen) atoms. The van der Waals surface area contributed by atoms with Crippen molar-refractivity contribution in [1.29, 1.82) is 0 Å². The number of hydrogen-bond donors (Lipinski definition) is 1. The molecule has 2 aliphatic rings. The first-order valence-corrected chi connectivity index (χ1v) is 7.90. The van der Waals surface area contributed by atoms with Gasteiger partial charge in [0.25, 0.3) is 0 Å². The summed E-state index contributed by atoms with van der Waals surface area (Å²) in [7, 11) is -3.35. The van der Waals surface area contributed by atoms with Gasteiger partial charge in [-0.15, -0.1) is 6.58 Å². The van der Waals surface area contributed by atoms with E-state index >= 15 is 0 Å². The Morgan fingerprint density at radius 1 is 1.44 bits per heavy atom. The van der Waals surface area contributed by atoms with Gasteiger partial charge in [-0.25, -0.2) is 8.42 Å². The maximum absolute atomic E-state index is 12.3. The van der Waals surface area contributed by atoms with Crippen LogP contribution in [-0.2, 0) is 14.8 Å². The smallest absolute Gasteiger partial charge is 0.304 e. The van der Waals surface area contributed by atoms with Gasteiger partial charge in [-0.05, 0) is 31.6 Å². The molecule has 0 amide bonds. The van der Waals surface area contributed by atoms with Crippen molar-refractivity contribution in [3.63, 3.8) is 0 Å². The molecule has 0 aromatic carbocycles. The number of allylic oxidation sites excluding steroid dienone is 1. The van der Waals surface area contributed by atoms with Gasteiger partial charge in [-0.1, -0.05) is 6.08 Å². The minimum Gasteiger partial charge on any atom is -0.481 e. The highest BCUT2D eigenvalue weighted by atomic mass is 32.2. The van der Waals surface area contributed by atoms with E-state index < -0.39 is 16.0 Å². The molecule has 0 unspecified atom stereocenters. The van der Waals surface area contributed by atoms with Crippen molar-refractivity contribution in [2.75, 3.05) is 5.75 Å². The maximum Gasteiger partial charge on any atom is 0.304 e. The first kappa shape index (κ1) is 13.5. The highest BCUT2D eigenvalue weighted by Crippen LogP contribution is 2.45. The first-order chi connectivity index (χ1) is 8.45. The van der Waals surface area contributed by atoms with Crippen LogP contribution in [0.3, 0.4) is 0 Å². The quantitative estimate of drug-likeness (QED) is 0.738. The normalized spacial score (nSPS) is 31.7. The van der Waals surface area contributed by atoms with Gasteiger partial charge in [0.2, 0.25) is 10.0 Å². The fourth-order valence-electron chi connectivity index (χ4n) is 3.26. The Bertz CT molecular complexity index is 445. The number of carbonyl (C=O) groups is 1. The fourth-order valence-corrected chi connectivity index (χ4v) is 5.24. The summed E-state index contributed by atoms with van der Waals surface area (Å²) in [5.41, 5.74) is 0. The van der Waals surface area contributed by atoms with E-state index in [0.29, 0.717) is 6.42 Å². The molecule has 2 fully saturated rings. The van der Waals surface area contributed by atoms with Crippen LogP contribution in [0.5, 0.6) is 0 Å². The second kappa shape index (κ2) is 5.01. The Morgan fingerprint density at radius 3 is 2.78 bits per heavy atom. The lowest BCUT2D eigenvalue weighted by Crippen LogP contribution is -2.46. The van der Waals surface area contributed by atoms with E-state index in [1.54, 1.807) is 6.08 Å². The van der Waals surface area contributed by atoms with Gasteiger partial charge in [-0.2, -0.15) is 4.31 Å². The molecule has 1 aliphatic carbocycles. The molecule has 1 heterocycles. The molecule has 1 N–H and O–H groups in total. The van der Waals surface area contributed by atoms with Crippen molar-refractivity contribution in [2.45, 2.75) is 44.2 Å². The van der Waals surface area contributed by atoms with Crippen LogP contribution in [0, 0.1) is 5.92 Å². The van der Waals surface area contributed by atoms with E-state index in [0.717, 1.165) is 19.3 Å². The number of rotatable bonds is 6. The molecule has 0 spiro atoms. The molecule has 5 nitrogen and oxygen atoms in total. The lowest BCUT2D eigenvalue weighted by Gasteiger charge is -2.33. The molecule has 102 valence electrons. The summed E-state index contributed by atoms with van der Waals surface area (Å²) in [5.74, 6) is -0.656. The predicted octanol–water partition coefficient (Wildman–Crippen LogP) is 1.22. The highest BCUT2D eigenvalue weighted by molar-refractivity contribution is 7.89. The van der Waals surface area contributed by atoms with Crippen molar-refractivity contribution < 1.29 is 18.3 Å². The van der Waals surface area contributed by atoms with Crippen molar-refractivity contribution in [3.05, 3.63) is 12.7 Å². The minimum atomic E-state index is -3.35. The summed E-state index contributed by atoms with van der Waals surface area (Å²) in [6.07, 6.45) is 4.57. The zero-order valence-corrected chi connectivity index (χ0v) is 11.1. The molecule has 1 saturated heterocycles. The summed E-state index contributed by atoms with van der Waals surface area (Å²) in [4.78, 5) is 10.9. The lowest BCUT2D eigenvalue weighted by atomic mass is 9.97. The first-order valence-electron chi connectivity index (χ1n) is 6.29. The third-order valence-electron chi connectivity index (χ3n) is 3.96. The molecular weight excluding hydrogens is 254 g/mol. The molecule has 0 aromatic rings. The predicted molar refractivity (Wildman–Crippen MR) is 67.6 cm³/mol. The van der Waals surface area contributed by atoms with E-state index in [1.165, 1.54) is 4.31 Å². The van der Waals surface area contributed by atoms with Crippen LogP contribution in [0.15, 0.2) is 12.7 Å². The van der Waals surface area contributed by atoms with E-state index in [9.17, 15) is 13.2 Å². The molecule has 6 heteroatoms. The number of carboxylic acid groups (broad SMARTS) is 1. The topological polar surface area (TPSA) is 74.7 Å². The Labute approximate surface area is 108 Å².